The van der Waals surface area contributed by atoms with Gasteiger partial charge in [0.05, 0.1) is 0 Å². The smallest absolute Gasteiger partial charge is 0.248 e. The van der Waals surface area contributed by atoms with E-state index in [1.807, 2.05) is 0 Å². The van der Waals surface area contributed by atoms with Crippen molar-refractivity contribution in [1.29, 1.82) is 0 Å². The minimum Gasteiger partial charge on any atom is -0.313 e. The molecule has 1 fully saturated rings. The molecule has 0 spiro atoms. The highest BCUT2D eigenvalue weighted by molar-refractivity contribution is 7.89. The normalized spacial score (nSPS) is 20.0. The van der Waals surface area contributed by atoms with Gasteiger partial charge in [-0.3, -0.25) is 0 Å². The van der Waals surface area contributed by atoms with E-state index in [1.165, 1.54) is 7.05 Å². The summed E-state index contributed by atoms with van der Waals surface area (Å²) in [5.41, 5.74) is 0. The Morgan fingerprint density at radius 1 is 1.24 bits per heavy atom. The van der Waals surface area contributed by atoms with Crippen molar-refractivity contribution in [3.05, 3.63) is 29.6 Å². The van der Waals surface area contributed by atoms with Crippen molar-refractivity contribution in [2.24, 2.45) is 0 Å². The molecule has 0 aliphatic carbocycles. The van der Waals surface area contributed by atoms with E-state index < -0.39 is 32.4 Å². The number of hydrogen-bond acceptors (Lipinski definition) is 3. The summed E-state index contributed by atoms with van der Waals surface area (Å²) in [4.78, 5) is -1.11. The van der Waals surface area contributed by atoms with E-state index in [2.05, 4.69) is 5.32 Å². The number of likely N-dealkylation sites (N-methyl/N-ethyl adjacent to an activating group) is 1. The van der Waals surface area contributed by atoms with E-state index in [-0.39, 0.29) is 12.6 Å². The van der Waals surface area contributed by atoms with Gasteiger partial charge in [0, 0.05) is 31.8 Å². The van der Waals surface area contributed by atoms with Crippen LogP contribution in [0.4, 0.5) is 13.2 Å². The minimum atomic E-state index is -4.34. The predicted octanol–water partition coefficient (Wildman–Crippen LogP) is 1.87. The fourth-order valence-electron chi connectivity index (χ4n) is 2.42. The Bertz CT molecular complexity index is 593. The third kappa shape index (κ3) is 3.56. The summed E-state index contributed by atoms with van der Waals surface area (Å²) in [5, 5.41) is 3.16. The zero-order chi connectivity index (χ0) is 15.6. The van der Waals surface area contributed by atoms with Gasteiger partial charge in [-0.05, 0) is 19.4 Å². The SMILES string of the molecule is CN(CC1CCCCN1)S(=O)(=O)c1c(F)cc(F)cc1F. The number of sulfonamides is 1. The second-order valence-electron chi connectivity index (χ2n) is 5.13. The second kappa shape index (κ2) is 6.33. The monoisotopic (exact) mass is 322 g/mol. The topological polar surface area (TPSA) is 49.4 Å². The number of nitrogens with zero attached hydrogens (tertiary/aromatic N) is 1. The molecule has 8 heteroatoms. The summed E-state index contributed by atoms with van der Waals surface area (Å²) in [6.07, 6.45) is 2.80. The van der Waals surface area contributed by atoms with Crippen LogP contribution in [0.3, 0.4) is 0 Å². The van der Waals surface area contributed by atoms with Crippen molar-refractivity contribution < 1.29 is 21.6 Å². The van der Waals surface area contributed by atoms with Crippen LogP contribution in [-0.2, 0) is 10.0 Å². The molecule has 1 aromatic carbocycles. The molecule has 1 unspecified atom stereocenters. The van der Waals surface area contributed by atoms with Crippen LogP contribution in [0.15, 0.2) is 17.0 Å². The third-order valence-corrected chi connectivity index (χ3v) is 5.40. The maximum Gasteiger partial charge on any atom is 0.248 e. The molecule has 0 amide bonds. The molecule has 21 heavy (non-hydrogen) atoms. The molecular formula is C13H17F3N2O2S. The van der Waals surface area contributed by atoms with Gasteiger partial charge in [0.15, 0.2) is 4.90 Å². The van der Waals surface area contributed by atoms with E-state index in [0.717, 1.165) is 30.1 Å². The molecule has 0 radical (unpaired) electrons. The molecule has 1 aromatic rings. The van der Waals surface area contributed by atoms with E-state index in [4.69, 9.17) is 0 Å². The van der Waals surface area contributed by atoms with Crippen molar-refractivity contribution in [3.8, 4) is 0 Å². The lowest BCUT2D eigenvalue weighted by molar-refractivity contribution is 0.335. The maximum atomic E-state index is 13.6. The number of nitrogens with one attached hydrogen (secondary N) is 1. The van der Waals surface area contributed by atoms with Gasteiger partial charge in [0.2, 0.25) is 10.0 Å². The molecule has 1 saturated heterocycles. The summed E-state index contributed by atoms with van der Waals surface area (Å²) in [6, 6.07) is 0.677. The quantitative estimate of drug-likeness (QED) is 0.921. The Morgan fingerprint density at radius 3 is 2.38 bits per heavy atom. The lowest BCUT2D eigenvalue weighted by Gasteiger charge is -2.28. The fourth-order valence-corrected chi connectivity index (χ4v) is 3.72. The van der Waals surface area contributed by atoms with Gasteiger partial charge in [-0.25, -0.2) is 21.6 Å². The largest absolute Gasteiger partial charge is 0.313 e. The predicted molar refractivity (Wildman–Crippen MR) is 71.8 cm³/mol. The van der Waals surface area contributed by atoms with Crippen molar-refractivity contribution in [2.45, 2.75) is 30.2 Å². The molecule has 0 saturated carbocycles. The molecule has 1 heterocycles. The number of halogens is 3. The molecule has 1 N–H and O–H groups in total. The van der Waals surface area contributed by atoms with Crippen LogP contribution in [0.2, 0.25) is 0 Å². The number of hydrogen-bond donors (Lipinski definition) is 1. The molecule has 2 rings (SSSR count). The zero-order valence-electron chi connectivity index (χ0n) is 11.6. The average molecular weight is 322 g/mol. The summed E-state index contributed by atoms with van der Waals surface area (Å²) >= 11 is 0. The standard InChI is InChI=1S/C13H17F3N2O2S/c1-18(8-10-4-2-3-5-17-10)21(19,20)13-11(15)6-9(14)7-12(13)16/h6-7,10,17H,2-5,8H2,1H3. The highest BCUT2D eigenvalue weighted by Gasteiger charge is 2.30. The first-order valence-electron chi connectivity index (χ1n) is 6.66. The van der Waals surface area contributed by atoms with Gasteiger partial charge in [0.25, 0.3) is 0 Å². The van der Waals surface area contributed by atoms with Crippen LogP contribution in [-0.4, -0.2) is 38.9 Å². The summed E-state index contributed by atoms with van der Waals surface area (Å²) in [5.74, 6) is -3.99. The Labute approximate surface area is 122 Å². The van der Waals surface area contributed by atoms with Crippen LogP contribution < -0.4 is 5.32 Å². The van der Waals surface area contributed by atoms with Crippen LogP contribution in [0.1, 0.15) is 19.3 Å². The van der Waals surface area contributed by atoms with Gasteiger partial charge in [-0.2, -0.15) is 4.31 Å². The molecule has 4 nitrogen and oxygen atoms in total. The van der Waals surface area contributed by atoms with Crippen molar-refractivity contribution >= 4 is 10.0 Å². The highest BCUT2D eigenvalue weighted by Crippen LogP contribution is 2.23. The molecule has 1 atom stereocenters. The molecule has 1 aliphatic rings. The van der Waals surface area contributed by atoms with E-state index in [1.54, 1.807) is 0 Å². The fraction of sp³-hybridized carbons (Fsp3) is 0.538. The number of rotatable bonds is 4. The lowest BCUT2D eigenvalue weighted by atomic mass is 10.1. The molecule has 118 valence electrons. The maximum absolute atomic E-state index is 13.6. The Morgan fingerprint density at radius 2 is 1.86 bits per heavy atom. The van der Waals surface area contributed by atoms with Gasteiger partial charge in [0.1, 0.15) is 17.5 Å². The first-order chi connectivity index (χ1) is 9.82. The summed E-state index contributed by atoms with van der Waals surface area (Å²) < 4.78 is 65.6. The van der Waals surface area contributed by atoms with Gasteiger partial charge in [-0.15, -0.1) is 0 Å². The van der Waals surface area contributed by atoms with Crippen LogP contribution in [0.25, 0.3) is 0 Å². The molecule has 1 aliphatic heterocycles. The van der Waals surface area contributed by atoms with E-state index in [0.29, 0.717) is 12.1 Å². The van der Waals surface area contributed by atoms with Gasteiger partial charge < -0.3 is 5.32 Å². The van der Waals surface area contributed by atoms with Crippen molar-refractivity contribution in [1.82, 2.24) is 9.62 Å². The van der Waals surface area contributed by atoms with Crippen molar-refractivity contribution in [3.63, 3.8) is 0 Å². The molecule has 0 bridgehead atoms. The van der Waals surface area contributed by atoms with Crippen LogP contribution >= 0.6 is 0 Å². The van der Waals surface area contributed by atoms with E-state index >= 15 is 0 Å². The molecular weight excluding hydrogens is 305 g/mol. The van der Waals surface area contributed by atoms with Gasteiger partial charge >= 0.3 is 0 Å². The Hall–Kier alpha value is -1.12. The number of benzene rings is 1. The second-order valence-corrected chi connectivity index (χ2v) is 7.11. The summed E-state index contributed by atoms with van der Waals surface area (Å²) in [6.45, 7) is 0.899. The van der Waals surface area contributed by atoms with Gasteiger partial charge in [-0.1, -0.05) is 6.42 Å². The summed E-state index contributed by atoms with van der Waals surface area (Å²) in [7, 11) is -3.08. The van der Waals surface area contributed by atoms with Crippen LogP contribution in [0, 0.1) is 17.5 Å². The first kappa shape index (κ1) is 16.3. The third-order valence-electron chi connectivity index (χ3n) is 3.52. The Kier molecular flexibility index (Phi) is 4.90. The number of piperidine rings is 1. The highest BCUT2D eigenvalue weighted by atomic mass is 32.2. The molecule has 0 aromatic heterocycles. The Balaban J connectivity index is 2.24. The van der Waals surface area contributed by atoms with Crippen LogP contribution in [0.5, 0.6) is 0 Å². The minimum absolute atomic E-state index is 0.0508. The van der Waals surface area contributed by atoms with Crippen molar-refractivity contribution in [2.75, 3.05) is 20.1 Å². The average Bonchev–Trinajstić information content (AvgIpc) is 2.38. The van der Waals surface area contributed by atoms with E-state index in [9.17, 15) is 21.6 Å². The lowest BCUT2D eigenvalue weighted by Crippen LogP contribution is -2.44. The first-order valence-corrected chi connectivity index (χ1v) is 8.10. The zero-order valence-corrected chi connectivity index (χ0v) is 12.4.